The van der Waals surface area contributed by atoms with Crippen LogP contribution in [0.4, 0.5) is 0 Å². The molecule has 2 fully saturated rings. The maximum atomic E-state index is 12.6. The van der Waals surface area contributed by atoms with E-state index in [1.54, 1.807) is 6.92 Å². The van der Waals surface area contributed by atoms with Crippen molar-refractivity contribution in [2.75, 3.05) is 26.2 Å². The first-order valence-corrected chi connectivity index (χ1v) is 9.82. The summed E-state index contributed by atoms with van der Waals surface area (Å²) in [5.74, 6) is 6.00. The molecule has 3 aliphatic rings. The van der Waals surface area contributed by atoms with Crippen molar-refractivity contribution in [1.29, 1.82) is 0 Å². The van der Waals surface area contributed by atoms with Crippen LogP contribution < -0.4 is 0 Å². The third-order valence-corrected chi connectivity index (χ3v) is 5.87. The van der Waals surface area contributed by atoms with Gasteiger partial charge in [0, 0.05) is 5.57 Å². The van der Waals surface area contributed by atoms with Crippen LogP contribution in [-0.2, 0) is 19.1 Å². The van der Waals surface area contributed by atoms with E-state index in [9.17, 15) is 9.59 Å². The number of piperidine rings is 1. The summed E-state index contributed by atoms with van der Waals surface area (Å²) in [6, 6.07) is 0. The lowest BCUT2D eigenvalue weighted by Gasteiger charge is -2.33. The van der Waals surface area contributed by atoms with Crippen molar-refractivity contribution in [3.63, 3.8) is 0 Å². The second kappa shape index (κ2) is 8.26. The molecule has 1 saturated heterocycles. The summed E-state index contributed by atoms with van der Waals surface area (Å²) in [5, 5.41) is 0. The quantitative estimate of drug-likeness (QED) is 0.573. The Morgan fingerprint density at radius 3 is 2.62 bits per heavy atom. The summed E-state index contributed by atoms with van der Waals surface area (Å²) in [4.78, 5) is 26.9. The summed E-state index contributed by atoms with van der Waals surface area (Å²) in [6.45, 7) is 6.90. The molecule has 2 heterocycles. The predicted octanol–water partition coefficient (Wildman–Crippen LogP) is 2.84. The predicted molar refractivity (Wildman–Crippen MR) is 98.2 cm³/mol. The maximum absolute atomic E-state index is 12.6. The van der Waals surface area contributed by atoms with Crippen LogP contribution in [0, 0.1) is 17.8 Å². The summed E-state index contributed by atoms with van der Waals surface area (Å²) in [6.07, 6.45) is 6.90. The number of nitrogens with zero attached hydrogens (tertiary/aromatic N) is 1. The number of hydrogen-bond acceptors (Lipinski definition) is 5. The lowest BCUT2D eigenvalue weighted by atomic mass is 9.79. The first-order valence-electron chi connectivity index (χ1n) is 9.82. The molecule has 5 heteroatoms. The van der Waals surface area contributed by atoms with Gasteiger partial charge in [0.05, 0.1) is 12.1 Å². The van der Waals surface area contributed by atoms with Gasteiger partial charge in [0.15, 0.2) is 6.61 Å². The fraction of sp³-hybridized carbons (Fsp3) is 0.714. The van der Waals surface area contributed by atoms with Gasteiger partial charge in [-0.2, -0.15) is 0 Å². The molecule has 0 aromatic carbocycles. The third kappa shape index (κ3) is 4.12. The van der Waals surface area contributed by atoms with Crippen LogP contribution in [0.3, 0.4) is 0 Å². The fourth-order valence-electron chi connectivity index (χ4n) is 4.18. The number of esters is 2. The van der Waals surface area contributed by atoms with Crippen molar-refractivity contribution in [3.8, 4) is 11.8 Å². The van der Waals surface area contributed by atoms with E-state index in [2.05, 4.69) is 23.7 Å². The molecule has 0 atom stereocenters. The van der Waals surface area contributed by atoms with Gasteiger partial charge in [-0.3, -0.25) is 4.90 Å². The average molecular weight is 359 g/mol. The minimum atomic E-state index is -0.756. The molecule has 1 saturated carbocycles. The largest absolute Gasteiger partial charge is 0.451 e. The van der Waals surface area contributed by atoms with Crippen molar-refractivity contribution < 1.29 is 19.1 Å². The minimum absolute atomic E-state index is 0.0596. The van der Waals surface area contributed by atoms with Crippen molar-refractivity contribution in [2.24, 2.45) is 5.92 Å². The van der Waals surface area contributed by atoms with Crippen molar-refractivity contribution in [3.05, 3.63) is 11.1 Å². The molecule has 0 aromatic heterocycles. The third-order valence-electron chi connectivity index (χ3n) is 5.87. The van der Waals surface area contributed by atoms with Gasteiger partial charge in [-0.15, -0.1) is 0 Å². The van der Waals surface area contributed by atoms with Gasteiger partial charge in [0.25, 0.3) is 0 Å². The smallest absolute Gasteiger partial charge is 0.339 e. The van der Waals surface area contributed by atoms with Crippen LogP contribution in [0.15, 0.2) is 11.1 Å². The van der Waals surface area contributed by atoms with Gasteiger partial charge in [-0.05, 0) is 64.5 Å². The minimum Gasteiger partial charge on any atom is -0.451 e. The molecule has 3 rings (SSSR count). The Hall–Kier alpha value is -1.80. The lowest BCUT2D eigenvalue weighted by Crippen LogP contribution is -2.38. The van der Waals surface area contributed by atoms with E-state index in [1.165, 1.54) is 12.8 Å². The number of ether oxygens (including phenoxy) is 2. The van der Waals surface area contributed by atoms with E-state index in [0.717, 1.165) is 44.8 Å². The van der Waals surface area contributed by atoms with Gasteiger partial charge in [0.2, 0.25) is 0 Å². The Bertz CT molecular complexity index is 641. The summed E-state index contributed by atoms with van der Waals surface area (Å²) in [7, 11) is 0. The van der Waals surface area contributed by atoms with Crippen molar-refractivity contribution >= 4 is 11.9 Å². The molecule has 0 amide bonds. The number of likely N-dealkylation sites (tertiary alicyclic amines) is 1. The topological polar surface area (TPSA) is 55.8 Å². The summed E-state index contributed by atoms with van der Waals surface area (Å²) >= 11 is 0. The van der Waals surface area contributed by atoms with Gasteiger partial charge in [0.1, 0.15) is 5.60 Å². The van der Waals surface area contributed by atoms with Gasteiger partial charge < -0.3 is 9.47 Å². The number of hydrogen-bond donors (Lipinski definition) is 0. The van der Waals surface area contributed by atoms with Gasteiger partial charge in [-0.25, -0.2) is 9.59 Å². The van der Waals surface area contributed by atoms with E-state index in [1.807, 2.05) is 0 Å². The zero-order valence-electron chi connectivity index (χ0n) is 15.9. The Kier molecular flexibility index (Phi) is 6.03. The van der Waals surface area contributed by atoms with Crippen LogP contribution in [-0.4, -0.2) is 48.7 Å². The first kappa shape index (κ1) is 19.0. The molecule has 142 valence electrons. The molecule has 0 radical (unpaired) electrons. The van der Waals surface area contributed by atoms with Crippen LogP contribution in [0.2, 0.25) is 0 Å². The zero-order valence-corrected chi connectivity index (χ0v) is 15.9. The molecule has 5 nitrogen and oxygen atoms in total. The summed E-state index contributed by atoms with van der Waals surface area (Å²) in [5.41, 5.74) is 0.0651. The Morgan fingerprint density at radius 2 is 1.92 bits per heavy atom. The lowest BCUT2D eigenvalue weighted by molar-refractivity contribution is -0.151. The zero-order chi connectivity index (χ0) is 18.6. The van der Waals surface area contributed by atoms with Crippen LogP contribution in [0.5, 0.6) is 0 Å². The normalized spacial score (nSPS) is 23.5. The van der Waals surface area contributed by atoms with Gasteiger partial charge >= 0.3 is 11.9 Å². The highest BCUT2D eigenvalue weighted by Gasteiger charge is 2.50. The molecule has 26 heavy (non-hydrogen) atoms. The highest BCUT2D eigenvalue weighted by atomic mass is 16.6. The van der Waals surface area contributed by atoms with Crippen LogP contribution in [0.25, 0.3) is 0 Å². The molecule has 0 N–H and O–H groups in total. The number of carbonyl (C=O) groups excluding carboxylic acids is 2. The highest BCUT2D eigenvalue weighted by Crippen LogP contribution is 2.44. The van der Waals surface area contributed by atoms with Gasteiger partial charge in [-0.1, -0.05) is 25.2 Å². The molecular formula is C21H29NO4. The first-order chi connectivity index (χ1) is 12.5. The van der Waals surface area contributed by atoms with E-state index < -0.39 is 11.6 Å². The Labute approximate surface area is 156 Å². The van der Waals surface area contributed by atoms with E-state index in [4.69, 9.17) is 9.47 Å². The van der Waals surface area contributed by atoms with Crippen LogP contribution >= 0.6 is 0 Å². The second-order valence-corrected chi connectivity index (χ2v) is 7.83. The highest BCUT2D eigenvalue weighted by molar-refractivity contribution is 6.05. The van der Waals surface area contributed by atoms with Crippen LogP contribution in [0.1, 0.15) is 58.8 Å². The Balaban J connectivity index is 1.53. The standard InChI is InChI=1S/C21H29NO4/c1-16-8-13-22(14-9-16)12-6-7-15-25-20(24)18-17(2)19(23)26-21(18)10-4-3-5-11-21/h16H,3-5,8-15H2,1-2H3. The van der Waals surface area contributed by atoms with Crippen molar-refractivity contribution in [1.82, 2.24) is 4.90 Å². The van der Waals surface area contributed by atoms with E-state index >= 15 is 0 Å². The maximum Gasteiger partial charge on any atom is 0.339 e. The number of rotatable bonds is 3. The molecule has 0 bridgehead atoms. The second-order valence-electron chi connectivity index (χ2n) is 7.83. The monoisotopic (exact) mass is 359 g/mol. The van der Waals surface area contributed by atoms with Crippen molar-refractivity contribution in [2.45, 2.75) is 64.4 Å². The molecule has 1 aliphatic carbocycles. The molecular weight excluding hydrogens is 330 g/mol. The molecule has 1 spiro atoms. The van der Waals surface area contributed by atoms with E-state index in [0.29, 0.717) is 24.0 Å². The SMILES string of the molecule is CC1=C(C(=O)OCC#CCN2CCC(C)CC2)C2(CCCCC2)OC1=O. The Morgan fingerprint density at radius 1 is 1.23 bits per heavy atom. The molecule has 0 unspecified atom stereocenters. The number of carbonyl (C=O) groups is 2. The molecule has 2 aliphatic heterocycles. The summed E-state index contributed by atoms with van der Waals surface area (Å²) < 4.78 is 11.0. The molecule has 0 aromatic rings. The average Bonchev–Trinajstić information content (AvgIpc) is 2.86. The van der Waals surface area contributed by atoms with E-state index in [-0.39, 0.29) is 12.6 Å². The fourth-order valence-corrected chi connectivity index (χ4v) is 4.18.